The standard InChI is InChI=1S/C26H30FN7O3/c1-16-12-32-13-17(11-19(27)22(32)28-16)21-29-20-8-7-18(14-33(20)23(35)30-21)31-9-10-34(26(5,6)15-31)24(36)37-25(2,3)4/h7-8,11-14H,9-10,15H2,1-6H3. The highest BCUT2D eigenvalue weighted by Gasteiger charge is 2.39. The van der Waals surface area contributed by atoms with Crippen LogP contribution in [0.3, 0.4) is 0 Å². The van der Waals surface area contributed by atoms with Crippen molar-refractivity contribution in [3.63, 3.8) is 0 Å². The van der Waals surface area contributed by atoms with Crippen LogP contribution in [0.1, 0.15) is 40.3 Å². The number of ether oxygens (including phenoxy) is 1. The summed E-state index contributed by atoms with van der Waals surface area (Å²) in [4.78, 5) is 42.3. The summed E-state index contributed by atoms with van der Waals surface area (Å²) in [5.74, 6) is -0.380. The minimum atomic E-state index is -0.572. The Hall–Kier alpha value is -4.02. The first kappa shape index (κ1) is 24.7. The Labute approximate surface area is 213 Å². The average molecular weight is 508 g/mol. The highest BCUT2D eigenvalue weighted by Crippen LogP contribution is 2.28. The third-order valence-electron chi connectivity index (χ3n) is 6.31. The lowest BCUT2D eigenvalue weighted by Crippen LogP contribution is -2.61. The molecule has 194 valence electrons. The van der Waals surface area contributed by atoms with E-state index in [9.17, 15) is 14.0 Å². The minimum absolute atomic E-state index is 0.136. The first-order chi connectivity index (χ1) is 17.3. The van der Waals surface area contributed by atoms with E-state index < -0.39 is 22.6 Å². The van der Waals surface area contributed by atoms with Gasteiger partial charge in [0.25, 0.3) is 0 Å². The number of piperazine rings is 1. The maximum absolute atomic E-state index is 14.6. The van der Waals surface area contributed by atoms with Crippen molar-refractivity contribution in [1.29, 1.82) is 0 Å². The molecule has 0 unspecified atom stereocenters. The van der Waals surface area contributed by atoms with E-state index in [0.717, 1.165) is 5.69 Å². The number of rotatable bonds is 2. The zero-order chi connectivity index (χ0) is 26.7. The van der Waals surface area contributed by atoms with Crippen molar-refractivity contribution in [3.8, 4) is 11.4 Å². The van der Waals surface area contributed by atoms with Gasteiger partial charge in [0.15, 0.2) is 17.3 Å². The predicted molar refractivity (Wildman–Crippen MR) is 137 cm³/mol. The first-order valence-electron chi connectivity index (χ1n) is 12.1. The van der Waals surface area contributed by atoms with Gasteiger partial charge in [-0.05, 0) is 59.7 Å². The summed E-state index contributed by atoms with van der Waals surface area (Å²) in [6.07, 6.45) is 4.72. The van der Waals surface area contributed by atoms with Gasteiger partial charge in [-0.15, -0.1) is 0 Å². The highest BCUT2D eigenvalue weighted by molar-refractivity contribution is 5.70. The lowest BCUT2D eigenvalue weighted by molar-refractivity contribution is 0.000371. The second-order valence-corrected chi connectivity index (χ2v) is 11.0. The third-order valence-corrected chi connectivity index (χ3v) is 6.31. The van der Waals surface area contributed by atoms with Crippen LogP contribution in [0.2, 0.25) is 0 Å². The number of nitrogens with zero attached hydrogens (tertiary/aromatic N) is 7. The summed E-state index contributed by atoms with van der Waals surface area (Å²) in [5.41, 5.74) is 0.891. The van der Waals surface area contributed by atoms with Crippen LogP contribution in [0.4, 0.5) is 14.9 Å². The molecule has 0 bridgehead atoms. The van der Waals surface area contributed by atoms with Gasteiger partial charge in [-0.2, -0.15) is 4.98 Å². The van der Waals surface area contributed by atoms with E-state index in [1.54, 1.807) is 40.9 Å². The van der Waals surface area contributed by atoms with Crippen LogP contribution in [-0.4, -0.2) is 65.5 Å². The van der Waals surface area contributed by atoms with E-state index in [0.29, 0.717) is 36.5 Å². The fraction of sp³-hybridized carbons (Fsp3) is 0.423. The molecule has 5 rings (SSSR count). The van der Waals surface area contributed by atoms with E-state index >= 15 is 0 Å². The van der Waals surface area contributed by atoms with Crippen LogP contribution in [0.25, 0.3) is 22.7 Å². The second kappa shape index (κ2) is 8.53. The number of fused-ring (bicyclic) bond motifs is 2. The number of carbonyl (C=O) groups excluding carboxylic acids is 1. The van der Waals surface area contributed by atoms with Gasteiger partial charge in [-0.25, -0.2) is 28.3 Å². The largest absolute Gasteiger partial charge is 0.444 e. The Morgan fingerprint density at radius 2 is 1.84 bits per heavy atom. The average Bonchev–Trinajstić information content (AvgIpc) is 3.17. The summed E-state index contributed by atoms with van der Waals surface area (Å²) < 4.78 is 23.1. The number of anilines is 1. The maximum atomic E-state index is 14.6. The van der Waals surface area contributed by atoms with Gasteiger partial charge in [-0.1, -0.05) is 0 Å². The number of aromatic nitrogens is 5. The molecule has 0 N–H and O–H groups in total. The molecule has 5 heterocycles. The van der Waals surface area contributed by atoms with E-state index in [1.807, 2.05) is 40.7 Å². The van der Waals surface area contributed by atoms with Gasteiger partial charge in [0.1, 0.15) is 11.2 Å². The van der Waals surface area contributed by atoms with Crippen molar-refractivity contribution in [3.05, 3.63) is 58.8 Å². The van der Waals surface area contributed by atoms with Gasteiger partial charge >= 0.3 is 11.8 Å². The van der Waals surface area contributed by atoms with Crippen LogP contribution in [0.15, 0.2) is 41.6 Å². The van der Waals surface area contributed by atoms with Gasteiger partial charge in [-0.3, -0.25) is 4.90 Å². The second-order valence-electron chi connectivity index (χ2n) is 11.0. The number of amides is 1. The molecule has 0 saturated carbocycles. The SMILES string of the molecule is Cc1cn2cc(-c3nc(=O)n4cc(N5CCN(C(=O)OC(C)(C)C)C(C)(C)C5)ccc4n3)cc(F)c2n1. The molecule has 4 aromatic heterocycles. The molecule has 10 nitrogen and oxygen atoms in total. The molecule has 11 heteroatoms. The minimum Gasteiger partial charge on any atom is -0.444 e. The molecule has 4 aromatic rings. The Balaban J connectivity index is 1.43. The van der Waals surface area contributed by atoms with Crippen molar-refractivity contribution in [2.24, 2.45) is 0 Å². The predicted octanol–water partition coefficient (Wildman–Crippen LogP) is 3.69. The number of imidazole rings is 1. The normalized spacial score (nSPS) is 16.0. The fourth-order valence-electron chi connectivity index (χ4n) is 4.65. The Kier molecular flexibility index (Phi) is 5.69. The fourth-order valence-corrected chi connectivity index (χ4v) is 4.65. The van der Waals surface area contributed by atoms with Crippen molar-refractivity contribution >= 4 is 23.1 Å². The highest BCUT2D eigenvalue weighted by atomic mass is 19.1. The van der Waals surface area contributed by atoms with E-state index in [2.05, 4.69) is 19.9 Å². The lowest BCUT2D eigenvalue weighted by atomic mass is 9.99. The molecular weight excluding hydrogens is 477 g/mol. The molecule has 1 amide bonds. The van der Waals surface area contributed by atoms with Crippen molar-refractivity contribution in [2.45, 2.75) is 52.7 Å². The molecule has 1 saturated heterocycles. The monoisotopic (exact) mass is 507 g/mol. The molecular formula is C26H30FN7O3. The first-order valence-corrected chi connectivity index (χ1v) is 12.1. The number of aryl methyl sites for hydroxylation is 1. The Morgan fingerprint density at radius 1 is 1.08 bits per heavy atom. The number of hydrogen-bond donors (Lipinski definition) is 0. The Bertz CT molecular complexity index is 1590. The Morgan fingerprint density at radius 3 is 2.54 bits per heavy atom. The number of hydrogen-bond acceptors (Lipinski definition) is 7. The van der Waals surface area contributed by atoms with Crippen molar-refractivity contribution < 1.29 is 13.9 Å². The number of carbonyl (C=O) groups is 1. The molecule has 0 spiro atoms. The van der Waals surface area contributed by atoms with Gasteiger partial charge < -0.3 is 14.0 Å². The number of pyridine rings is 2. The van der Waals surface area contributed by atoms with Crippen LogP contribution in [0.5, 0.6) is 0 Å². The van der Waals surface area contributed by atoms with Crippen LogP contribution >= 0.6 is 0 Å². The molecule has 0 atom stereocenters. The van der Waals surface area contributed by atoms with Crippen LogP contribution in [-0.2, 0) is 4.74 Å². The van der Waals surface area contributed by atoms with Crippen molar-refractivity contribution in [2.75, 3.05) is 24.5 Å². The third kappa shape index (κ3) is 4.73. The van der Waals surface area contributed by atoms with Crippen LogP contribution < -0.4 is 10.6 Å². The van der Waals surface area contributed by atoms with Crippen molar-refractivity contribution in [1.82, 2.24) is 28.7 Å². The summed E-state index contributed by atoms with van der Waals surface area (Å²) in [7, 11) is 0. The summed E-state index contributed by atoms with van der Waals surface area (Å²) >= 11 is 0. The molecule has 1 fully saturated rings. The molecule has 1 aliphatic heterocycles. The van der Waals surface area contributed by atoms with Crippen LogP contribution in [0, 0.1) is 12.7 Å². The topological polar surface area (TPSA) is 97.3 Å². The molecule has 0 radical (unpaired) electrons. The zero-order valence-electron chi connectivity index (χ0n) is 21.8. The number of halogens is 1. The van der Waals surface area contributed by atoms with E-state index in [4.69, 9.17) is 4.74 Å². The molecule has 37 heavy (non-hydrogen) atoms. The smallest absolute Gasteiger partial charge is 0.410 e. The zero-order valence-corrected chi connectivity index (χ0v) is 21.8. The van der Waals surface area contributed by atoms with E-state index in [-0.39, 0.29) is 17.6 Å². The molecule has 0 aromatic carbocycles. The van der Waals surface area contributed by atoms with Gasteiger partial charge in [0.05, 0.1) is 16.9 Å². The quantitative estimate of drug-likeness (QED) is 0.408. The summed E-state index contributed by atoms with van der Waals surface area (Å²) in [6, 6.07) is 4.91. The van der Waals surface area contributed by atoms with Gasteiger partial charge in [0.2, 0.25) is 0 Å². The molecule has 1 aliphatic rings. The molecule has 0 aliphatic carbocycles. The lowest BCUT2D eigenvalue weighted by Gasteiger charge is -2.47. The van der Waals surface area contributed by atoms with E-state index in [1.165, 1.54) is 10.5 Å². The van der Waals surface area contributed by atoms with Gasteiger partial charge in [0, 0.05) is 43.8 Å². The summed E-state index contributed by atoms with van der Waals surface area (Å²) in [5, 5.41) is 0. The summed E-state index contributed by atoms with van der Waals surface area (Å²) in [6.45, 7) is 12.9. The maximum Gasteiger partial charge on any atom is 0.410 e.